The smallest absolute Gasteiger partial charge is 0.744 e. The normalized spacial score (nSPS) is 11.6. The van der Waals surface area contributed by atoms with E-state index < -0.39 is 10.1 Å². The summed E-state index contributed by atoms with van der Waals surface area (Å²) in [5.74, 6) is 0. The minimum absolute atomic E-state index is 0. The fraction of sp³-hybridized carbons (Fsp3) is 0.667. The Kier molecular flexibility index (Phi) is 18.4. The van der Waals surface area contributed by atoms with Crippen molar-refractivity contribution in [3.8, 4) is 0 Å². The predicted octanol–water partition coefficient (Wildman–Crippen LogP) is 6.11. The van der Waals surface area contributed by atoms with E-state index in [9.17, 15) is 13.0 Å². The molecule has 2 aromatic carbocycles. The van der Waals surface area contributed by atoms with E-state index >= 15 is 0 Å². The molecule has 0 amide bonds. The van der Waals surface area contributed by atoms with Crippen molar-refractivity contribution in [3.05, 3.63) is 41.5 Å². The van der Waals surface area contributed by atoms with Crippen molar-refractivity contribution in [2.45, 2.75) is 134 Å². The first-order chi connectivity index (χ1) is 16.5. The second-order valence-corrected chi connectivity index (χ2v) is 11.3. The Bertz CT molecular complexity index is 940. The van der Waals surface area contributed by atoms with Gasteiger partial charge >= 0.3 is 51.4 Å². The van der Waals surface area contributed by atoms with Gasteiger partial charge in [-0.05, 0) is 53.6 Å². The van der Waals surface area contributed by atoms with Crippen molar-refractivity contribution in [1.82, 2.24) is 0 Å². The van der Waals surface area contributed by atoms with E-state index in [0.717, 1.165) is 24.6 Å². The van der Waals surface area contributed by atoms with E-state index in [2.05, 4.69) is 19.9 Å². The molecular weight excluding hydrogens is 479 g/mol. The quantitative estimate of drug-likeness (QED) is 0.126. The molecule has 0 bridgehead atoms. The predicted molar refractivity (Wildman–Crippen MR) is 145 cm³/mol. The third kappa shape index (κ3) is 12.6. The van der Waals surface area contributed by atoms with E-state index in [-0.39, 0.29) is 56.3 Å². The Morgan fingerprint density at radius 2 is 1.09 bits per heavy atom. The van der Waals surface area contributed by atoms with Crippen LogP contribution in [0.25, 0.3) is 10.8 Å². The molecule has 5 heteroatoms. The molecule has 2 aromatic rings. The molecular formula is C30H47KO3S. The van der Waals surface area contributed by atoms with E-state index in [4.69, 9.17) is 0 Å². The molecule has 0 heterocycles. The first-order valence-electron chi connectivity index (χ1n) is 14.0. The third-order valence-corrected chi connectivity index (χ3v) is 7.97. The van der Waals surface area contributed by atoms with Gasteiger partial charge in [0, 0.05) is 0 Å². The minimum Gasteiger partial charge on any atom is -0.744 e. The molecule has 0 atom stereocenters. The van der Waals surface area contributed by atoms with Crippen LogP contribution in [0.4, 0.5) is 0 Å². The van der Waals surface area contributed by atoms with Crippen LogP contribution in [-0.4, -0.2) is 13.0 Å². The number of rotatable bonds is 19. The monoisotopic (exact) mass is 526 g/mol. The maximum absolute atomic E-state index is 11.8. The first kappa shape index (κ1) is 33.3. The number of hydrogen-bond acceptors (Lipinski definition) is 3. The van der Waals surface area contributed by atoms with Crippen LogP contribution < -0.4 is 51.4 Å². The van der Waals surface area contributed by atoms with Crippen molar-refractivity contribution < 1.29 is 64.4 Å². The first-order valence-corrected chi connectivity index (χ1v) is 15.4. The van der Waals surface area contributed by atoms with Gasteiger partial charge in [-0.15, -0.1) is 0 Å². The Labute approximate surface area is 258 Å². The molecule has 0 radical (unpaired) electrons. The average molecular weight is 527 g/mol. The van der Waals surface area contributed by atoms with Gasteiger partial charge in [0.2, 0.25) is 0 Å². The molecule has 192 valence electrons. The summed E-state index contributed by atoms with van der Waals surface area (Å²) in [7, 11) is -4.48. The standard InChI is InChI=1S/C30H48O3S.K/c1-3-5-7-9-11-13-15-17-20-26-24-25-29-28(22-19-23-30(29)34(31,32)33)27(26)21-18-16-14-12-10-8-6-4-2;/h19,22-25H,3-18,20-21H2,1-2H3,(H,31,32,33);/q;+1/p-1. The molecule has 0 saturated carbocycles. The molecule has 35 heavy (non-hydrogen) atoms. The van der Waals surface area contributed by atoms with Crippen molar-refractivity contribution in [2.75, 3.05) is 0 Å². The summed E-state index contributed by atoms with van der Waals surface area (Å²) in [6.45, 7) is 4.50. The summed E-state index contributed by atoms with van der Waals surface area (Å²) in [5.41, 5.74) is 2.60. The van der Waals surface area contributed by atoms with Crippen LogP contribution in [-0.2, 0) is 23.0 Å². The third-order valence-electron chi connectivity index (χ3n) is 7.08. The number of unbranched alkanes of at least 4 members (excludes halogenated alkanes) is 14. The van der Waals surface area contributed by atoms with Crippen molar-refractivity contribution in [1.29, 1.82) is 0 Å². The second-order valence-electron chi connectivity index (χ2n) is 9.96. The summed E-state index contributed by atoms with van der Waals surface area (Å²) in [6.07, 6.45) is 22.6. The van der Waals surface area contributed by atoms with Crippen LogP contribution >= 0.6 is 0 Å². The summed E-state index contributed by atoms with van der Waals surface area (Å²) in [6, 6.07) is 9.12. The fourth-order valence-electron chi connectivity index (χ4n) is 5.07. The Hall–Kier alpha value is 0.246. The SMILES string of the molecule is CCCCCCCCCCc1ccc2c(S(=O)(=O)[O-])cccc2c1CCCCCCCCCC.[K+]. The molecule has 0 fully saturated rings. The zero-order valence-corrected chi connectivity index (χ0v) is 26.7. The number of aryl methyl sites for hydroxylation is 2. The van der Waals surface area contributed by atoms with Crippen LogP contribution in [0.15, 0.2) is 35.2 Å². The van der Waals surface area contributed by atoms with Gasteiger partial charge in [0.05, 0.1) is 4.90 Å². The van der Waals surface area contributed by atoms with E-state index in [1.54, 1.807) is 6.07 Å². The molecule has 0 aliphatic carbocycles. The van der Waals surface area contributed by atoms with Crippen LogP contribution in [0.1, 0.15) is 128 Å². The van der Waals surface area contributed by atoms with Gasteiger partial charge in [-0.3, -0.25) is 0 Å². The van der Waals surface area contributed by atoms with Crippen LogP contribution in [0.5, 0.6) is 0 Å². The van der Waals surface area contributed by atoms with Crippen LogP contribution in [0, 0.1) is 0 Å². The van der Waals surface area contributed by atoms with Gasteiger partial charge in [0.25, 0.3) is 0 Å². The van der Waals surface area contributed by atoms with E-state index in [1.807, 2.05) is 12.1 Å². The van der Waals surface area contributed by atoms with Crippen LogP contribution in [0.3, 0.4) is 0 Å². The van der Waals surface area contributed by atoms with E-state index in [1.165, 1.54) is 114 Å². The molecule has 0 aliphatic rings. The van der Waals surface area contributed by atoms with Gasteiger partial charge in [0.1, 0.15) is 10.1 Å². The second kappa shape index (κ2) is 19.3. The largest absolute Gasteiger partial charge is 1.00 e. The Morgan fingerprint density at radius 1 is 0.600 bits per heavy atom. The van der Waals surface area contributed by atoms with Crippen molar-refractivity contribution in [3.63, 3.8) is 0 Å². The average Bonchev–Trinajstić information content (AvgIpc) is 2.82. The molecule has 0 spiro atoms. The number of fused-ring (bicyclic) bond motifs is 1. The zero-order chi connectivity index (χ0) is 24.7. The number of hydrogen-bond donors (Lipinski definition) is 0. The maximum Gasteiger partial charge on any atom is 1.00 e. The van der Waals surface area contributed by atoms with Crippen molar-refractivity contribution in [2.24, 2.45) is 0 Å². The fourth-order valence-corrected chi connectivity index (χ4v) is 5.76. The topological polar surface area (TPSA) is 57.2 Å². The van der Waals surface area contributed by atoms with E-state index in [0.29, 0.717) is 5.39 Å². The molecule has 0 aromatic heterocycles. The Morgan fingerprint density at radius 3 is 1.60 bits per heavy atom. The molecule has 2 rings (SSSR count). The molecule has 0 unspecified atom stereocenters. The van der Waals surface area contributed by atoms with Gasteiger partial charge < -0.3 is 4.55 Å². The van der Waals surface area contributed by atoms with Gasteiger partial charge in [-0.2, -0.15) is 0 Å². The van der Waals surface area contributed by atoms with Gasteiger partial charge in [-0.25, -0.2) is 8.42 Å². The maximum atomic E-state index is 11.8. The van der Waals surface area contributed by atoms with Crippen molar-refractivity contribution >= 4 is 20.9 Å². The minimum atomic E-state index is -4.48. The zero-order valence-electron chi connectivity index (χ0n) is 22.7. The molecule has 3 nitrogen and oxygen atoms in total. The molecule has 0 N–H and O–H groups in total. The van der Waals surface area contributed by atoms with Gasteiger partial charge in [-0.1, -0.05) is 128 Å². The summed E-state index contributed by atoms with van der Waals surface area (Å²) in [4.78, 5) is -0.0826. The molecule has 0 aliphatic heterocycles. The van der Waals surface area contributed by atoms with Crippen LogP contribution in [0.2, 0.25) is 0 Å². The Balaban J connectivity index is 0.00000612. The number of benzene rings is 2. The van der Waals surface area contributed by atoms with Gasteiger partial charge in [0.15, 0.2) is 0 Å². The summed E-state index contributed by atoms with van der Waals surface area (Å²) < 4.78 is 35.5. The molecule has 0 saturated heterocycles. The summed E-state index contributed by atoms with van der Waals surface area (Å²) >= 11 is 0. The summed E-state index contributed by atoms with van der Waals surface area (Å²) in [5, 5.41) is 1.55.